The molecule has 31 heavy (non-hydrogen) atoms. The number of benzene rings is 3. The van der Waals surface area contributed by atoms with E-state index in [0.717, 1.165) is 17.1 Å². The lowest BCUT2D eigenvalue weighted by molar-refractivity contribution is -0.130. The summed E-state index contributed by atoms with van der Waals surface area (Å²) in [5.74, 6) is -3.41. The summed E-state index contributed by atoms with van der Waals surface area (Å²) in [5, 5.41) is 10.7. The van der Waals surface area contributed by atoms with Crippen molar-refractivity contribution in [3.05, 3.63) is 89.2 Å². The Morgan fingerprint density at radius 2 is 1.71 bits per heavy atom. The van der Waals surface area contributed by atoms with Crippen LogP contribution in [-0.2, 0) is 4.79 Å². The van der Waals surface area contributed by atoms with Crippen molar-refractivity contribution in [2.75, 3.05) is 5.75 Å². The molecule has 0 radical (unpaired) electrons. The van der Waals surface area contributed by atoms with Crippen molar-refractivity contribution in [3.63, 3.8) is 0 Å². The van der Waals surface area contributed by atoms with Gasteiger partial charge in [-0.05, 0) is 47.5 Å². The number of phenols is 1. The Morgan fingerprint density at radius 1 is 1.00 bits per heavy atom. The second kappa shape index (κ2) is 8.35. The summed E-state index contributed by atoms with van der Waals surface area (Å²) < 4.78 is 40.5. The van der Waals surface area contributed by atoms with Crippen LogP contribution in [0, 0.1) is 17.5 Å². The quantitative estimate of drug-likeness (QED) is 0.626. The number of phenolic OH excluding ortho intramolecular Hbond substituents is 1. The van der Waals surface area contributed by atoms with E-state index in [4.69, 9.17) is 0 Å². The lowest BCUT2D eigenvalue weighted by Gasteiger charge is -2.25. The average molecular weight is 444 g/mol. The molecule has 1 fully saturated rings. The molecule has 0 aliphatic carbocycles. The maximum atomic E-state index is 14.1. The third kappa shape index (κ3) is 4.22. The molecule has 0 aromatic heterocycles. The largest absolute Gasteiger partial charge is 0.507 e. The minimum absolute atomic E-state index is 0.0486. The van der Waals surface area contributed by atoms with E-state index in [1.165, 1.54) is 60.3 Å². The molecule has 0 bridgehead atoms. The predicted molar refractivity (Wildman–Crippen MR) is 109 cm³/mol. The smallest absolute Gasteiger partial charge is 0.273 e. The Kier molecular flexibility index (Phi) is 5.60. The highest BCUT2D eigenvalue weighted by atomic mass is 32.2. The molecule has 4 rings (SSSR count). The van der Waals surface area contributed by atoms with Gasteiger partial charge >= 0.3 is 0 Å². The number of nitrogens with one attached hydrogen (secondary N) is 1. The number of hydrogen-bond acceptors (Lipinski definition) is 4. The van der Waals surface area contributed by atoms with Crippen molar-refractivity contribution in [3.8, 4) is 16.9 Å². The lowest BCUT2D eigenvalue weighted by atomic mass is 10.0. The van der Waals surface area contributed by atoms with Crippen LogP contribution >= 0.6 is 11.8 Å². The number of hydrazine groups is 1. The van der Waals surface area contributed by atoms with Gasteiger partial charge in [-0.1, -0.05) is 18.2 Å². The maximum absolute atomic E-state index is 14.1. The van der Waals surface area contributed by atoms with Crippen molar-refractivity contribution in [1.29, 1.82) is 0 Å². The number of rotatable bonds is 4. The molecule has 5 nitrogen and oxygen atoms in total. The van der Waals surface area contributed by atoms with E-state index in [0.29, 0.717) is 5.56 Å². The fraction of sp³-hybridized carbons (Fsp3) is 0.0909. The van der Waals surface area contributed by atoms with Gasteiger partial charge in [-0.25, -0.2) is 18.2 Å². The molecule has 2 amide bonds. The van der Waals surface area contributed by atoms with Gasteiger partial charge in [-0.3, -0.25) is 15.0 Å². The highest BCUT2D eigenvalue weighted by Gasteiger charge is 2.35. The molecule has 0 spiro atoms. The fourth-order valence-electron chi connectivity index (χ4n) is 3.20. The zero-order valence-corrected chi connectivity index (χ0v) is 16.6. The summed E-state index contributed by atoms with van der Waals surface area (Å²) in [6.07, 6.45) is 0. The first kappa shape index (κ1) is 20.8. The van der Waals surface area contributed by atoms with Crippen LogP contribution in [0.1, 0.15) is 21.3 Å². The molecule has 1 aliphatic rings. The van der Waals surface area contributed by atoms with Gasteiger partial charge in [-0.2, -0.15) is 0 Å². The number of thioether (sulfide) groups is 1. The number of amides is 2. The van der Waals surface area contributed by atoms with Crippen molar-refractivity contribution in [1.82, 2.24) is 10.4 Å². The van der Waals surface area contributed by atoms with Crippen LogP contribution in [0.2, 0.25) is 0 Å². The molecule has 1 unspecified atom stereocenters. The number of aromatic hydroxyl groups is 1. The van der Waals surface area contributed by atoms with Gasteiger partial charge in [-0.15, -0.1) is 11.8 Å². The first-order chi connectivity index (χ1) is 14.8. The minimum Gasteiger partial charge on any atom is -0.507 e. The number of hydrogen-bond donors (Lipinski definition) is 2. The van der Waals surface area contributed by atoms with Gasteiger partial charge < -0.3 is 5.11 Å². The van der Waals surface area contributed by atoms with Gasteiger partial charge in [0.15, 0.2) is 0 Å². The molecule has 1 atom stereocenters. The monoisotopic (exact) mass is 444 g/mol. The SMILES string of the molecule is O=C(NN1C(=O)CSC1c1ccc(F)cc1)c1cc(-c2ccc(F)cc2F)ccc1O. The van der Waals surface area contributed by atoms with Crippen LogP contribution in [0.5, 0.6) is 5.75 Å². The van der Waals surface area contributed by atoms with E-state index in [2.05, 4.69) is 5.43 Å². The summed E-state index contributed by atoms with van der Waals surface area (Å²) >= 11 is 1.25. The normalized spacial score (nSPS) is 15.9. The summed E-state index contributed by atoms with van der Waals surface area (Å²) in [6.45, 7) is 0. The summed E-state index contributed by atoms with van der Waals surface area (Å²) in [5.41, 5.74) is 3.19. The lowest BCUT2D eigenvalue weighted by Crippen LogP contribution is -2.44. The molecule has 0 saturated carbocycles. The standard InChI is InChI=1S/C22H15F3N2O3S/c23-14-4-1-12(2-5-14)22-27(20(29)11-31-22)26-21(30)17-9-13(3-8-19(17)28)16-7-6-15(24)10-18(16)25/h1-10,22,28H,11H2,(H,26,30). The molecular weight excluding hydrogens is 429 g/mol. The Labute approximate surface area is 179 Å². The van der Waals surface area contributed by atoms with Gasteiger partial charge in [0.05, 0.1) is 11.3 Å². The molecule has 3 aromatic rings. The zero-order valence-electron chi connectivity index (χ0n) is 15.8. The van der Waals surface area contributed by atoms with Crippen LogP contribution in [0.3, 0.4) is 0 Å². The molecule has 158 valence electrons. The third-order valence-corrected chi connectivity index (χ3v) is 5.94. The average Bonchev–Trinajstić information content (AvgIpc) is 3.09. The van der Waals surface area contributed by atoms with E-state index in [1.807, 2.05) is 0 Å². The van der Waals surface area contributed by atoms with Crippen LogP contribution in [0.4, 0.5) is 13.2 Å². The van der Waals surface area contributed by atoms with Crippen LogP contribution < -0.4 is 5.43 Å². The van der Waals surface area contributed by atoms with Crippen molar-refractivity contribution in [2.24, 2.45) is 0 Å². The molecule has 1 heterocycles. The van der Waals surface area contributed by atoms with Crippen LogP contribution in [0.15, 0.2) is 60.7 Å². The highest BCUT2D eigenvalue weighted by Crippen LogP contribution is 2.37. The van der Waals surface area contributed by atoms with E-state index in [1.54, 1.807) is 0 Å². The van der Waals surface area contributed by atoms with Crippen molar-refractivity contribution in [2.45, 2.75) is 5.37 Å². The molecular formula is C22H15F3N2O3S. The topological polar surface area (TPSA) is 69.6 Å². The predicted octanol–water partition coefficient (Wildman–Crippen LogP) is 4.40. The fourth-order valence-corrected chi connectivity index (χ4v) is 4.31. The maximum Gasteiger partial charge on any atom is 0.273 e. The Bertz CT molecular complexity index is 1170. The van der Waals surface area contributed by atoms with E-state index >= 15 is 0 Å². The molecule has 1 saturated heterocycles. The number of halogens is 3. The first-order valence-electron chi connectivity index (χ1n) is 9.12. The molecule has 2 N–H and O–H groups in total. The van der Waals surface area contributed by atoms with Crippen LogP contribution in [-0.4, -0.2) is 27.7 Å². The Hall–Kier alpha value is -3.46. The van der Waals surface area contributed by atoms with Crippen molar-refractivity contribution >= 4 is 23.6 Å². The number of nitrogens with zero attached hydrogens (tertiary/aromatic N) is 1. The third-order valence-electron chi connectivity index (χ3n) is 4.73. The second-order valence-corrected chi connectivity index (χ2v) is 7.84. The van der Waals surface area contributed by atoms with E-state index < -0.39 is 28.7 Å². The Morgan fingerprint density at radius 3 is 2.42 bits per heavy atom. The minimum atomic E-state index is -0.820. The summed E-state index contributed by atoms with van der Waals surface area (Å²) in [7, 11) is 0. The van der Waals surface area contributed by atoms with Gasteiger partial charge in [0.25, 0.3) is 11.8 Å². The summed E-state index contributed by atoms with van der Waals surface area (Å²) in [6, 6.07) is 12.4. The number of carbonyl (C=O) groups is 2. The number of carbonyl (C=O) groups excluding carboxylic acids is 2. The molecule has 3 aromatic carbocycles. The zero-order chi connectivity index (χ0) is 22.1. The van der Waals surface area contributed by atoms with E-state index in [9.17, 15) is 27.9 Å². The van der Waals surface area contributed by atoms with Crippen LogP contribution in [0.25, 0.3) is 11.1 Å². The summed E-state index contributed by atoms with van der Waals surface area (Å²) in [4.78, 5) is 25.1. The first-order valence-corrected chi connectivity index (χ1v) is 10.2. The van der Waals surface area contributed by atoms with Crippen molar-refractivity contribution < 1.29 is 27.9 Å². The second-order valence-electron chi connectivity index (χ2n) is 6.78. The van der Waals surface area contributed by atoms with E-state index in [-0.39, 0.29) is 34.1 Å². The molecule has 1 aliphatic heterocycles. The molecule has 9 heteroatoms. The van der Waals surface area contributed by atoms with Gasteiger partial charge in [0, 0.05) is 11.6 Å². The Balaban J connectivity index is 1.61. The highest BCUT2D eigenvalue weighted by molar-refractivity contribution is 8.00. The van der Waals surface area contributed by atoms with Gasteiger partial charge in [0.2, 0.25) is 0 Å². The van der Waals surface area contributed by atoms with Gasteiger partial charge in [0.1, 0.15) is 28.6 Å².